The molecule has 0 N–H and O–H groups in total. The van der Waals surface area contributed by atoms with Crippen molar-refractivity contribution in [2.45, 2.75) is 0 Å². The van der Waals surface area contributed by atoms with Gasteiger partial charge in [0, 0.05) is 0 Å². The molecule has 14 heavy (non-hydrogen) atoms. The van der Waals surface area contributed by atoms with Crippen LogP contribution >= 0.6 is 0 Å². The molecule has 0 fully saturated rings. The fraction of sp³-hybridized carbons (Fsp3) is 0. The maximum atomic E-state index is 8.93. The van der Waals surface area contributed by atoms with E-state index < -0.39 is 23.9 Å². The van der Waals surface area contributed by atoms with Gasteiger partial charge in [-0.2, -0.15) is 0 Å². The number of hydrogen-bond donors (Lipinski definition) is 0. The van der Waals surface area contributed by atoms with Crippen molar-refractivity contribution < 1.29 is 63.3 Å². The van der Waals surface area contributed by atoms with Crippen LogP contribution in [0.25, 0.3) is 0 Å². The average Bonchev–Trinajstić information content (AvgIpc) is 2.08. The fourth-order valence-electron chi connectivity index (χ4n) is 0. The van der Waals surface area contributed by atoms with Crippen molar-refractivity contribution in [2.75, 3.05) is 0 Å². The fourth-order valence-corrected chi connectivity index (χ4v) is 0. The number of carbonyl (C=O) groups is 4. The molecule has 0 saturated heterocycles. The molecular weight excluding hydrogens is 240 g/mol. The summed E-state index contributed by atoms with van der Waals surface area (Å²) in [4.78, 5) is 35.7. The zero-order chi connectivity index (χ0) is 12.3. The van der Waals surface area contributed by atoms with Crippen LogP contribution in [0.5, 0.6) is 0 Å². The van der Waals surface area contributed by atoms with E-state index in [1.807, 2.05) is 0 Å². The Balaban J connectivity index is -0.000000147. The molecule has 0 spiro atoms. The van der Waals surface area contributed by atoms with E-state index in [1.165, 1.54) is 0 Å². The van der Waals surface area contributed by atoms with Crippen molar-refractivity contribution in [1.82, 2.24) is 0 Å². The van der Waals surface area contributed by atoms with Crippen LogP contribution in [0.15, 0.2) is 0 Å². The molecule has 0 aromatic rings. The normalized spacial score (nSPS) is 6.71. The average molecular weight is 240 g/mol. The maximum absolute atomic E-state index is 8.93. The predicted molar refractivity (Wildman–Crippen MR) is 20.7 cm³/mol. The number of carbonyl (C=O) groups excluding carboxylic acids is 4. The summed E-state index contributed by atoms with van der Waals surface area (Å²) in [5.74, 6) is -8.74. The number of aliphatic carboxylic acids is 4. The molecule has 0 aliphatic rings. The Morgan fingerprint density at radius 2 is 0.643 bits per heavy atom. The van der Waals surface area contributed by atoms with Gasteiger partial charge >= 0.3 is 23.7 Å². The second-order valence-electron chi connectivity index (χ2n) is 1.15. The third-order valence-electron chi connectivity index (χ3n) is 0.333. The van der Waals surface area contributed by atoms with E-state index in [4.69, 9.17) is 42.9 Å². The van der Waals surface area contributed by atoms with E-state index >= 15 is 0 Å². The Kier molecular flexibility index (Phi) is 14.8. The third kappa shape index (κ3) is 22.4. The van der Waals surface area contributed by atoms with Gasteiger partial charge in [0.15, 0.2) is 0 Å². The van der Waals surface area contributed by atoms with Gasteiger partial charge in [-0.1, -0.05) is 0 Å². The molecule has 9 nitrogen and oxygen atoms in total. The van der Waals surface area contributed by atoms with Crippen LogP contribution in [-0.2, 0) is 42.9 Å². The summed E-state index contributed by atoms with van der Waals surface area (Å²) >= 11 is 0.750. The molecule has 0 radical (unpaired) electrons. The molecule has 0 rings (SSSR count). The van der Waals surface area contributed by atoms with Gasteiger partial charge in [0.2, 0.25) is 0 Å². The van der Waals surface area contributed by atoms with Crippen LogP contribution in [0.2, 0.25) is 0 Å². The Hall–Kier alpha value is -1.61. The predicted octanol–water partition coefficient (Wildman–Crippen LogP) is -7.15. The molecule has 0 aliphatic carbocycles. The summed E-state index contributed by atoms with van der Waals surface area (Å²) in [5.41, 5.74) is 0. The van der Waals surface area contributed by atoms with Crippen molar-refractivity contribution in [3.05, 3.63) is 0 Å². The van der Waals surface area contributed by atoms with Gasteiger partial charge in [-0.3, -0.25) is 0 Å². The molecular formula is C4O9Ti-2. The zero-order valence-electron chi connectivity index (χ0n) is 6.17. The quantitative estimate of drug-likeness (QED) is 0.293. The Morgan fingerprint density at radius 1 is 0.571 bits per heavy atom. The molecule has 0 aromatic carbocycles. The molecule has 0 saturated carbocycles. The van der Waals surface area contributed by atoms with Gasteiger partial charge in [-0.15, -0.1) is 0 Å². The molecule has 0 aliphatic heterocycles. The van der Waals surface area contributed by atoms with E-state index in [1.54, 1.807) is 0 Å². The molecule has 0 atom stereocenters. The number of carboxylic acids is 4. The number of rotatable bonds is 0. The zero-order valence-corrected chi connectivity index (χ0v) is 7.74. The van der Waals surface area contributed by atoms with E-state index in [0.29, 0.717) is 0 Å². The van der Waals surface area contributed by atoms with Gasteiger partial charge in [-0.05, 0) is 0 Å². The minimum absolute atomic E-state index is 0.750. The summed E-state index contributed by atoms with van der Waals surface area (Å²) in [6.45, 7) is 0. The number of hydrogen-bond acceptors (Lipinski definition) is 9. The van der Waals surface area contributed by atoms with Crippen LogP contribution in [-0.4, -0.2) is 23.9 Å². The van der Waals surface area contributed by atoms with E-state index in [0.717, 1.165) is 20.4 Å². The number of carboxylic acid groups (broad SMARTS) is 4. The van der Waals surface area contributed by atoms with Crippen LogP contribution < -0.4 is 20.4 Å². The first-order chi connectivity index (χ1) is 6.29. The second-order valence-corrected chi connectivity index (χ2v) is 1.15. The van der Waals surface area contributed by atoms with Crippen molar-refractivity contribution in [3.8, 4) is 0 Å². The van der Waals surface area contributed by atoms with Crippen molar-refractivity contribution >= 4 is 23.9 Å². The molecule has 0 amide bonds. The first-order valence-electron chi connectivity index (χ1n) is 2.34. The van der Waals surface area contributed by atoms with Crippen molar-refractivity contribution in [2.24, 2.45) is 0 Å². The monoisotopic (exact) mass is 240 g/mol. The Morgan fingerprint density at radius 3 is 0.643 bits per heavy atom. The van der Waals surface area contributed by atoms with Crippen LogP contribution in [0.1, 0.15) is 0 Å². The topological polar surface area (TPSA) is 178 Å². The first-order valence-corrected chi connectivity index (χ1v) is 2.97. The minimum atomic E-state index is -2.19. The van der Waals surface area contributed by atoms with E-state index in [2.05, 4.69) is 0 Å². The molecule has 0 aromatic heterocycles. The van der Waals surface area contributed by atoms with E-state index in [-0.39, 0.29) is 0 Å². The summed E-state index contributed by atoms with van der Waals surface area (Å²) < 4.78 is 8.25. The van der Waals surface area contributed by atoms with Crippen molar-refractivity contribution in [3.63, 3.8) is 0 Å². The van der Waals surface area contributed by atoms with Crippen LogP contribution in [0, 0.1) is 0 Å². The summed E-state index contributed by atoms with van der Waals surface area (Å²) in [5, 5.41) is 35.7. The molecule has 0 heterocycles. The third-order valence-corrected chi connectivity index (χ3v) is 0.333. The summed E-state index contributed by atoms with van der Waals surface area (Å²) in [7, 11) is 0. The van der Waals surface area contributed by atoms with Gasteiger partial charge in [0.25, 0.3) is 0 Å². The van der Waals surface area contributed by atoms with Gasteiger partial charge in [0.05, 0.1) is 23.9 Å². The molecule has 10 heteroatoms. The summed E-state index contributed by atoms with van der Waals surface area (Å²) in [6, 6.07) is 0. The van der Waals surface area contributed by atoms with Crippen LogP contribution in [0.3, 0.4) is 0 Å². The SMILES string of the molecule is O=C([O-])C(=O)[O-].O=C([O-])C(=O)[O-].[O]=[Ti+2]. The Bertz CT molecular complexity index is 185. The molecule has 0 bridgehead atoms. The van der Waals surface area contributed by atoms with Gasteiger partial charge in [0.1, 0.15) is 0 Å². The van der Waals surface area contributed by atoms with Gasteiger partial charge < -0.3 is 39.6 Å². The van der Waals surface area contributed by atoms with Gasteiger partial charge in [-0.25, -0.2) is 0 Å². The van der Waals surface area contributed by atoms with Crippen molar-refractivity contribution in [1.29, 1.82) is 0 Å². The molecule has 76 valence electrons. The molecule has 0 unspecified atom stereocenters. The standard InChI is InChI=1S/2C2H2O4.O.Ti/c2*3-1(4)2(5)6;;/h2*(H,3,4)(H,5,6);;/q;;;+2/p-4. The second kappa shape index (κ2) is 11.4. The Labute approximate surface area is 87.7 Å². The first kappa shape index (κ1) is 18.2. The summed E-state index contributed by atoms with van der Waals surface area (Å²) in [6.07, 6.45) is 0. The van der Waals surface area contributed by atoms with Crippen LogP contribution in [0.4, 0.5) is 0 Å². The van der Waals surface area contributed by atoms with E-state index in [9.17, 15) is 0 Å².